The van der Waals surface area contributed by atoms with E-state index in [1.54, 1.807) is 26.1 Å². The number of aliphatic carboxylic acids is 1. The summed E-state index contributed by atoms with van der Waals surface area (Å²) in [5.74, 6) is 2.20. The van der Waals surface area contributed by atoms with Crippen molar-refractivity contribution in [3.63, 3.8) is 0 Å². The van der Waals surface area contributed by atoms with E-state index in [2.05, 4.69) is 10.4 Å². The molecule has 4 aliphatic rings. The lowest BCUT2D eigenvalue weighted by molar-refractivity contribution is -0.144. The molecule has 1 heterocycles. The molecule has 1 aromatic rings. The summed E-state index contributed by atoms with van der Waals surface area (Å²) in [4.78, 5) is 24.6. The van der Waals surface area contributed by atoms with Crippen molar-refractivity contribution >= 4 is 18.1 Å². The van der Waals surface area contributed by atoms with Gasteiger partial charge in [-0.3, -0.25) is 9.59 Å². The van der Waals surface area contributed by atoms with Crippen molar-refractivity contribution in [2.45, 2.75) is 65.3 Å². The predicted octanol–water partition coefficient (Wildman–Crippen LogP) is 3.81. The molecule has 0 atom stereocenters. The Balaban J connectivity index is 1.53. The largest absolute Gasteiger partial charge is 0.481 e. The minimum absolute atomic E-state index is 0.143. The molecule has 5 rings (SSSR count). The van der Waals surface area contributed by atoms with Crippen LogP contribution >= 0.6 is 0 Å². The fraction of sp³-hybridized carbons (Fsp3) is 0.696. The second-order valence-corrected chi connectivity index (χ2v) is 9.93. The quantitative estimate of drug-likeness (QED) is 0.673. The van der Waals surface area contributed by atoms with Gasteiger partial charge >= 0.3 is 5.97 Å². The van der Waals surface area contributed by atoms with E-state index in [-0.39, 0.29) is 11.9 Å². The van der Waals surface area contributed by atoms with Crippen molar-refractivity contribution in [1.29, 1.82) is 0 Å². The Labute approximate surface area is 177 Å². The van der Waals surface area contributed by atoms with Crippen molar-refractivity contribution in [1.82, 2.24) is 15.1 Å². The Bertz CT molecular complexity index is 814. The van der Waals surface area contributed by atoms with Gasteiger partial charge in [0.15, 0.2) is 0 Å². The van der Waals surface area contributed by atoms with Crippen LogP contribution in [-0.2, 0) is 4.79 Å². The number of carbonyl (C=O) groups is 2. The van der Waals surface area contributed by atoms with Gasteiger partial charge in [-0.25, -0.2) is 4.68 Å². The van der Waals surface area contributed by atoms with Gasteiger partial charge in [0.05, 0.1) is 18.2 Å². The zero-order chi connectivity index (χ0) is 21.5. The van der Waals surface area contributed by atoms with Crippen molar-refractivity contribution in [2.75, 3.05) is 6.61 Å². The van der Waals surface area contributed by atoms with Crippen LogP contribution in [0, 0.1) is 29.1 Å². The van der Waals surface area contributed by atoms with Crippen LogP contribution in [0.2, 0.25) is 0 Å². The number of carboxylic acid groups (broad SMARTS) is 1. The molecule has 7 heteroatoms. The summed E-state index contributed by atoms with van der Waals surface area (Å²) in [5, 5.41) is 16.9. The summed E-state index contributed by atoms with van der Waals surface area (Å²) in [7, 11) is 0. The summed E-state index contributed by atoms with van der Waals surface area (Å²) in [6.07, 6.45) is 11.8. The number of nitrogens with one attached hydrogen (secondary N) is 1. The normalized spacial score (nSPS) is 30.0. The molecule has 0 radical (unpaired) electrons. The van der Waals surface area contributed by atoms with Crippen LogP contribution in [0.1, 0.15) is 69.7 Å². The number of nitrogens with zero attached hydrogens (tertiary/aromatic N) is 2. The molecule has 4 bridgehead atoms. The monoisotopic (exact) mass is 415 g/mol. The van der Waals surface area contributed by atoms with Gasteiger partial charge < -0.3 is 15.2 Å². The van der Waals surface area contributed by atoms with Crippen molar-refractivity contribution < 1.29 is 19.4 Å². The topological polar surface area (TPSA) is 93.5 Å². The van der Waals surface area contributed by atoms with E-state index in [1.807, 2.05) is 6.92 Å². The molecule has 7 nitrogen and oxygen atoms in total. The van der Waals surface area contributed by atoms with Gasteiger partial charge in [-0.05, 0) is 82.1 Å². The molecule has 4 fully saturated rings. The molecule has 0 spiro atoms. The van der Waals surface area contributed by atoms with Gasteiger partial charge in [0.2, 0.25) is 5.88 Å². The molecular formula is C23H33N3O4. The third kappa shape index (κ3) is 3.98. The van der Waals surface area contributed by atoms with Gasteiger partial charge in [0.1, 0.15) is 5.56 Å². The van der Waals surface area contributed by atoms with E-state index < -0.39 is 11.4 Å². The SMILES string of the molecule is CCCOc1c(C(=O)NC2C3CC4CC(C3)CC2C4)cnn1/C=C/C(C)(C)C(=O)O. The van der Waals surface area contributed by atoms with E-state index in [4.69, 9.17) is 4.74 Å². The standard InChI is InChI=1S/C23H33N3O4/c1-4-7-30-21-18(13-24-26(21)6-5-23(2,3)22(28)29)20(27)25-19-16-9-14-8-15(11-16)12-17(19)10-14/h5-6,13-17,19H,4,7-12H2,1-3H3,(H,25,27)(H,28,29)/b6-5+. The summed E-state index contributed by atoms with van der Waals surface area (Å²) < 4.78 is 7.32. The first kappa shape index (κ1) is 20.9. The number of amides is 1. The Morgan fingerprint density at radius 1 is 1.23 bits per heavy atom. The fourth-order valence-corrected chi connectivity index (χ4v) is 5.67. The number of ether oxygens (including phenoxy) is 1. The van der Waals surface area contributed by atoms with Gasteiger partial charge in [-0.2, -0.15) is 5.10 Å². The highest BCUT2D eigenvalue weighted by Crippen LogP contribution is 2.53. The van der Waals surface area contributed by atoms with Crippen LogP contribution in [0.4, 0.5) is 0 Å². The lowest BCUT2D eigenvalue weighted by atomic mass is 9.54. The molecule has 2 N–H and O–H groups in total. The maximum absolute atomic E-state index is 13.2. The molecule has 1 aromatic heterocycles. The Kier molecular flexibility index (Phi) is 5.64. The molecule has 4 saturated carbocycles. The predicted molar refractivity (Wildman–Crippen MR) is 113 cm³/mol. The third-order valence-corrected chi connectivity index (χ3v) is 7.15. The maximum Gasteiger partial charge on any atom is 0.312 e. The van der Waals surface area contributed by atoms with Crippen LogP contribution in [0.5, 0.6) is 5.88 Å². The number of carbonyl (C=O) groups excluding carboxylic acids is 1. The second kappa shape index (κ2) is 8.08. The zero-order valence-corrected chi connectivity index (χ0v) is 18.1. The number of rotatable bonds is 8. The van der Waals surface area contributed by atoms with E-state index in [0.717, 1.165) is 18.3 Å². The third-order valence-electron chi connectivity index (χ3n) is 7.15. The molecule has 4 aliphatic carbocycles. The minimum Gasteiger partial charge on any atom is -0.481 e. The number of carboxylic acids is 1. The Hall–Kier alpha value is -2.31. The van der Waals surface area contributed by atoms with E-state index in [9.17, 15) is 14.7 Å². The molecular weight excluding hydrogens is 382 g/mol. The zero-order valence-electron chi connectivity index (χ0n) is 18.1. The van der Waals surface area contributed by atoms with Crippen LogP contribution in [0.3, 0.4) is 0 Å². The summed E-state index contributed by atoms with van der Waals surface area (Å²) in [5.41, 5.74) is -0.633. The van der Waals surface area contributed by atoms with Crippen LogP contribution < -0.4 is 10.1 Å². The number of aromatic nitrogens is 2. The minimum atomic E-state index is -1.04. The lowest BCUT2D eigenvalue weighted by Gasteiger charge is -2.54. The van der Waals surface area contributed by atoms with Gasteiger partial charge in [-0.15, -0.1) is 0 Å². The summed E-state index contributed by atoms with van der Waals surface area (Å²) in [6, 6.07) is 0.245. The molecule has 0 aromatic carbocycles. The second-order valence-electron chi connectivity index (χ2n) is 9.93. The molecule has 30 heavy (non-hydrogen) atoms. The van der Waals surface area contributed by atoms with Gasteiger partial charge in [0.25, 0.3) is 5.91 Å². The number of hydrogen-bond acceptors (Lipinski definition) is 4. The molecule has 0 aliphatic heterocycles. The van der Waals surface area contributed by atoms with E-state index in [1.165, 1.54) is 43.0 Å². The average Bonchev–Trinajstić information content (AvgIpc) is 3.09. The van der Waals surface area contributed by atoms with Crippen LogP contribution in [-0.4, -0.2) is 39.4 Å². The summed E-state index contributed by atoms with van der Waals surface area (Å²) in [6.45, 7) is 5.68. The van der Waals surface area contributed by atoms with Crippen molar-refractivity contribution in [3.05, 3.63) is 17.8 Å². The van der Waals surface area contributed by atoms with Crippen LogP contribution in [0.15, 0.2) is 12.3 Å². The smallest absolute Gasteiger partial charge is 0.312 e. The first-order chi connectivity index (χ1) is 14.3. The Morgan fingerprint density at radius 3 is 2.43 bits per heavy atom. The molecule has 0 saturated heterocycles. The highest BCUT2D eigenvalue weighted by molar-refractivity contribution is 5.96. The van der Waals surface area contributed by atoms with Crippen LogP contribution in [0.25, 0.3) is 6.20 Å². The molecule has 0 unspecified atom stereocenters. The molecule has 164 valence electrons. The lowest BCUT2D eigenvalue weighted by Crippen LogP contribution is -2.55. The number of hydrogen-bond donors (Lipinski definition) is 2. The first-order valence-electron chi connectivity index (χ1n) is 11.2. The molecule has 1 amide bonds. The van der Waals surface area contributed by atoms with Gasteiger partial charge in [0, 0.05) is 12.2 Å². The first-order valence-corrected chi connectivity index (χ1v) is 11.2. The Morgan fingerprint density at radius 2 is 1.87 bits per heavy atom. The highest BCUT2D eigenvalue weighted by Gasteiger charge is 2.48. The maximum atomic E-state index is 13.2. The fourth-order valence-electron chi connectivity index (χ4n) is 5.67. The average molecular weight is 416 g/mol. The van der Waals surface area contributed by atoms with Gasteiger partial charge in [-0.1, -0.05) is 6.92 Å². The van der Waals surface area contributed by atoms with E-state index >= 15 is 0 Å². The van der Waals surface area contributed by atoms with Crippen molar-refractivity contribution in [2.24, 2.45) is 29.1 Å². The highest BCUT2D eigenvalue weighted by atomic mass is 16.5. The summed E-state index contributed by atoms with van der Waals surface area (Å²) >= 11 is 0. The van der Waals surface area contributed by atoms with Crippen molar-refractivity contribution in [3.8, 4) is 5.88 Å². The van der Waals surface area contributed by atoms with E-state index in [0.29, 0.717) is 29.9 Å².